The van der Waals surface area contributed by atoms with Crippen LogP contribution < -0.4 is 10.6 Å². The maximum atomic E-state index is 12.6. The largest absolute Gasteiger partial charge is 0.481 e. The van der Waals surface area contributed by atoms with Crippen molar-refractivity contribution in [2.75, 3.05) is 19.8 Å². The fraction of sp³-hybridized carbons (Fsp3) is 0.375. The normalized spacial score (nSPS) is 20.2. The molecule has 2 aliphatic rings. The standard InChI is InChI=1S/C24H26N2O6/c1-14-11-31-13-21(14)25-23(29)20(10-22(27)28)26-24(30)32-12-19-17-8-4-2-6-15(17)16-7-3-5-9-18(16)19/h2-9,14,19-21H,10-13H2,1H3,(H,25,29)(H,26,30)(H,27,28). The number of fused-ring (bicyclic) bond motifs is 3. The number of aliphatic carboxylic acids is 1. The molecule has 32 heavy (non-hydrogen) atoms. The predicted octanol–water partition coefficient (Wildman–Crippen LogP) is 2.52. The lowest BCUT2D eigenvalue weighted by molar-refractivity contribution is -0.140. The van der Waals surface area contributed by atoms with Crippen LogP contribution in [0, 0.1) is 5.92 Å². The molecule has 0 spiro atoms. The number of carbonyl (C=O) groups excluding carboxylic acids is 2. The third-order valence-corrected chi connectivity index (χ3v) is 6.02. The number of alkyl carbamates (subject to hydrolysis) is 1. The Kier molecular flexibility index (Phi) is 6.41. The van der Waals surface area contributed by atoms with Crippen molar-refractivity contribution < 1.29 is 29.0 Å². The second-order valence-electron chi connectivity index (χ2n) is 8.25. The summed E-state index contributed by atoms with van der Waals surface area (Å²) in [5, 5.41) is 14.4. The van der Waals surface area contributed by atoms with E-state index in [1.807, 2.05) is 55.5 Å². The zero-order valence-corrected chi connectivity index (χ0v) is 17.7. The van der Waals surface area contributed by atoms with Crippen LogP contribution in [0.1, 0.15) is 30.4 Å². The van der Waals surface area contributed by atoms with Crippen LogP contribution in [0.4, 0.5) is 4.79 Å². The third-order valence-electron chi connectivity index (χ3n) is 6.02. The maximum absolute atomic E-state index is 12.6. The molecule has 1 saturated heterocycles. The van der Waals surface area contributed by atoms with Crippen LogP contribution in [0.5, 0.6) is 0 Å². The van der Waals surface area contributed by atoms with E-state index in [-0.39, 0.29) is 24.5 Å². The minimum atomic E-state index is -1.24. The van der Waals surface area contributed by atoms with E-state index in [1.165, 1.54) is 0 Å². The van der Waals surface area contributed by atoms with Crippen molar-refractivity contribution in [3.05, 3.63) is 59.7 Å². The highest BCUT2D eigenvalue weighted by atomic mass is 16.5. The molecular weight excluding hydrogens is 412 g/mol. The first-order valence-corrected chi connectivity index (χ1v) is 10.7. The first kappa shape index (κ1) is 21.8. The average Bonchev–Trinajstić information content (AvgIpc) is 3.32. The second kappa shape index (κ2) is 9.40. The van der Waals surface area contributed by atoms with Crippen LogP contribution in [-0.4, -0.2) is 55.0 Å². The number of hydrogen-bond donors (Lipinski definition) is 3. The number of carboxylic acid groups (broad SMARTS) is 1. The number of benzene rings is 2. The summed E-state index contributed by atoms with van der Waals surface area (Å²) in [5.74, 6) is -1.78. The van der Waals surface area contributed by atoms with Gasteiger partial charge >= 0.3 is 12.1 Å². The number of carboxylic acids is 1. The molecule has 0 bridgehead atoms. The van der Waals surface area contributed by atoms with Gasteiger partial charge in [0.15, 0.2) is 0 Å². The summed E-state index contributed by atoms with van der Waals surface area (Å²) in [7, 11) is 0. The number of hydrogen-bond acceptors (Lipinski definition) is 5. The summed E-state index contributed by atoms with van der Waals surface area (Å²) in [6, 6.07) is 14.5. The second-order valence-corrected chi connectivity index (χ2v) is 8.25. The van der Waals surface area contributed by atoms with Crippen LogP contribution in [0.15, 0.2) is 48.5 Å². The van der Waals surface area contributed by atoms with Crippen molar-refractivity contribution in [2.24, 2.45) is 5.92 Å². The molecule has 8 nitrogen and oxygen atoms in total. The number of carbonyl (C=O) groups is 3. The van der Waals surface area contributed by atoms with Crippen LogP contribution in [0.3, 0.4) is 0 Å². The molecule has 0 radical (unpaired) electrons. The highest BCUT2D eigenvalue weighted by Crippen LogP contribution is 2.44. The molecule has 0 saturated carbocycles. The Balaban J connectivity index is 1.40. The predicted molar refractivity (Wildman–Crippen MR) is 116 cm³/mol. The van der Waals surface area contributed by atoms with Gasteiger partial charge in [0.1, 0.15) is 12.6 Å². The Morgan fingerprint density at radius 2 is 1.69 bits per heavy atom. The lowest BCUT2D eigenvalue weighted by Gasteiger charge is -2.21. The van der Waals surface area contributed by atoms with E-state index in [9.17, 15) is 19.5 Å². The van der Waals surface area contributed by atoms with Gasteiger partial charge in [-0.05, 0) is 22.3 Å². The molecule has 8 heteroatoms. The highest BCUT2D eigenvalue weighted by molar-refractivity contribution is 5.89. The molecule has 2 aromatic carbocycles. The fourth-order valence-electron chi connectivity index (χ4n) is 4.29. The van der Waals surface area contributed by atoms with E-state index in [2.05, 4.69) is 10.6 Å². The van der Waals surface area contributed by atoms with Crippen molar-refractivity contribution in [2.45, 2.75) is 31.3 Å². The smallest absolute Gasteiger partial charge is 0.407 e. The Morgan fingerprint density at radius 3 is 2.25 bits per heavy atom. The molecular formula is C24H26N2O6. The number of nitrogens with one attached hydrogen (secondary N) is 2. The Bertz CT molecular complexity index is 978. The van der Waals surface area contributed by atoms with Crippen molar-refractivity contribution in [1.29, 1.82) is 0 Å². The van der Waals surface area contributed by atoms with E-state index < -0.39 is 30.4 Å². The fourth-order valence-corrected chi connectivity index (χ4v) is 4.29. The van der Waals surface area contributed by atoms with Gasteiger partial charge in [-0.25, -0.2) is 4.79 Å². The Morgan fingerprint density at radius 1 is 1.06 bits per heavy atom. The van der Waals surface area contributed by atoms with Crippen LogP contribution in [0.2, 0.25) is 0 Å². The SMILES string of the molecule is CC1COCC1NC(=O)C(CC(=O)O)NC(=O)OCC1c2ccccc2-c2ccccc21. The van der Waals surface area contributed by atoms with Gasteiger partial charge in [0.25, 0.3) is 0 Å². The summed E-state index contributed by atoms with van der Waals surface area (Å²) in [5.41, 5.74) is 4.34. The first-order chi connectivity index (χ1) is 15.4. The van der Waals surface area contributed by atoms with Crippen molar-refractivity contribution in [1.82, 2.24) is 10.6 Å². The van der Waals surface area contributed by atoms with Gasteiger partial charge in [-0.15, -0.1) is 0 Å². The molecule has 4 rings (SSSR count). The number of rotatable bonds is 7. The molecule has 2 amide bonds. The molecule has 1 aliphatic heterocycles. The molecule has 2 aromatic rings. The van der Waals surface area contributed by atoms with E-state index in [1.54, 1.807) is 0 Å². The minimum absolute atomic E-state index is 0.0781. The molecule has 3 atom stereocenters. The molecule has 1 aliphatic carbocycles. The molecule has 3 N–H and O–H groups in total. The molecule has 1 fully saturated rings. The lowest BCUT2D eigenvalue weighted by Crippen LogP contribution is -2.52. The summed E-state index contributed by atoms with van der Waals surface area (Å²) in [6.45, 7) is 2.89. The van der Waals surface area contributed by atoms with Gasteiger partial charge in [-0.3, -0.25) is 9.59 Å². The van der Waals surface area contributed by atoms with Crippen LogP contribution in [0.25, 0.3) is 11.1 Å². The van der Waals surface area contributed by atoms with Gasteiger partial charge in [0.05, 0.1) is 25.7 Å². The number of amides is 2. The lowest BCUT2D eigenvalue weighted by atomic mass is 9.98. The Labute approximate surface area is 185 Å². The molecule has 168 valence electrons. The van der Waals surface area contributed by atoms with Gasteiger partial charge < -0.3 is 25.2 Å². The minimum Gasteiger partial charge on any atom is -0.481 e. The van der Waals surface area contributed by atoms with Crippen molar-refractivity contribution >= 4 is 18.0 Å². The van der Waals surface area contributed by atoms with E-state index >= 15 is 0 Å². The third kappa shape index (κ3) is 4.60. The van der Waals surface area contributed by atoms with E-state index in [0.717, 1.165) is 22.3 Å². The zero-order chi connectivity index (χ0) is 22.7. The summed E-state index contributed by atoms with van der Waals surface area (Å²) >= 11 is 0. The number of ether oxygens (including phenoxy) is 2. The summed E-state index contributed by atoms with van der Waals surface area (Å²) in [6.07, 6.45) is -1.37. The van der Waals surface area contributed by atoms with E-state index in [4.69, 9.17) is 9.47 Å². The highest BCUT2D eigenvalue weighted by Gasteiger charge is 2.32. The van der Waals surface area contributed by atoms with Gasteiger partial charge in [0.2, 0.25) is 5.91 Å². The zero-order valence-electron chi connectivity index (χ0n) is 17.7. The summed E-state index contributed by atoms with van der Waals surface area (Å²) < 4.78 is 10.8. The Hall–Kier alpha value is -3.39. The summed E-state index contributed by atoms with van der Waals surface area (Å²) in [4.78, 5) is 36.3. The maximum Gasteiger partial charge on any atom is 0.407 e. The quantitative estimate of drug-likeness (QED) is 0.612. The van der Waals surface area contributed by atoms with E-state index in [0.29, 0.717) is 13.2 Å². The van der Waals surface area contributed by atoms with Gasteiger partial charge in [0, 0.05) is 11.8 Å². The van der Waals surface area contributed by atoms with Gasteiger partial charge in [-0.1, -0.05) is 55.5 Å². The topological polar surface area (TPSA) is 114 Å². The van der Waals surface area contributed by atoms with Crippen LogP contribution >= 0.6 is 0 Å². The molecule has 1 heterocycles. The van der Waals surface area contributed by atoms with Crippen molar-refractivity contribution in [3.63, 3.8) is 0 Å². The van der Waals surface area contributed by atoms with Crippen LogP contribution in [-0.2, 0) is 19.1 Å². The van der Waals surface area contributed by atoms with Gasteiger partial charge in [-0.2, -0.15) is 0 Å². The molecule has 0 aromatic heterocycles. The monoisotopic (exact) mass is 438 g/mol. The average molecular weight is 438 g/mol. The first-order valence-electron chi connectivity index (χ1n) is 10.7. The van der Waals surface area contributed by atoms with Crippen molar-refractivity contribution in [3.8, 4) is 11.1 Å². The molecule has 3 unspecified atom stereocenters.